The molecule has 0 bridgehead atoms. The highest BCUT2D eigenvalue weighted by Crippen LogP contribution is 2.47. The second-order valence-electron chi connectivity index (χ2n) is 3.88. The molecule has 0 spiro atoms. The molecule has 1 saturated carbocycles. The molecule has 0 atom stereocenters. The number of carbonyl (C=O) groups is 1. The molecule has 82 valence electrons. The van der Waals surface area contributed by atoms with E-state index in [1.54, 1.807) is 18.0 Å². The van der Waals surface area contributed by atoms with E-state index < -0.39 is 5.41 Å². The molecule has 1 aliphatic carbocycles. The van der Waals surface area contributed by atoms with Crippen LogP contribution in [0.5, 0.6) is 0 Å². The lowest BCUT2D eigenvalue weighted by Crippen LogP contribution is -2.35. The predicted molar refractivity (Wildman–Crippen MR) is 61.5 cm³/mol. The van der Waals surface area contributed by atoms with Crippen molar-refractivity contribution >= 4 is 33.8 Å². The summed E-state index contributed by atoms with van der Waals surface area (Å²) in [6, 6.07) is 3.59. The summed E-state index contributed by atoms with van der Waals surface area (Å²) >= 11 is 7.17. The molecule has 0 saturated heterocycles. The fourth-order valence-electron chi connectivity index (χ4n) is 1.53. The van der Waals surface area contributed by atoms with E-state index in [9.17, 15) is 4.79 Å². The van der Waals surface area contributed by atoms with Crippen LogP contribution in [-0.2, 0) is 4.79 Å². The van der Waals surface area contributed by atoms with Crippen LogP contribution >= 0.6 is 22.9 Å². The van der Waals surface area contributed by atoms with Crippen LogP contribution in [0.15, 0.2) is 12.1 Å². The van der Waals surface area contributed by atoms with Gasteiger partial charge in [-0.05, 0) is 25.0 Å². The molecule has 1 amide bonds. The summed E-state index contributed by atoms with van der Waals surface area (Å²) in [6.45, 7) is -0.0602. The van der Waals surface area contributed by atoms with Gasteiger partial charge in [0.1, 0.15) is 0 Å². The van der Waals surface area contributed by atoms with Crippen molar-refractivity contribution in [1.29, 1.82) is 0 Å². The SMILES string of the molecule is CN(C(=O)C1(CO)CC1)c1ccc(Cl)s1. The first-order chi connectivity index (χ1) is 7.09. The minimum absolute atomic E-state index is 0.0106. The molecule has 15 heavy (non-hydrogen) atoms. The number of nitrogens with zero attached hydrogens (tertiary/aromatic N) is 1. The maximum absolute atomic E-state index is 12.0. The number of hydrogen-bond acceptors (Lipinski definition) is 3. The van der Waals surface area contributed by atoms with Crippen molar-refractivity contribution in [2.45, 2.75) is 12.8 Å². The molecule has 0 aromatic carbocycles. The fourth-order valence-corrected chi connectivity index (χ4v) is 2.52. The molecule has 1 N–H and O–H groups in total. The lowest BCUT2D eigenvalue weighted by atomic mass is 10.1. The topological polar surface area (TPSA) is 40.5 Å². The number of anilines is 1. The van der Waals surface area contributed by atoms with E-state index in [2.05, 4.69) is 0 Å². The van der Waals surface area contributed by atoms with Gasteiger partial charge in [0, 0.05) is 7.05 Å². The lowest BCUT2D eigenvalue weighted by Gasteiger charge is -2.20. The van der Waals surface area contributed by atoms with Crippen molar-refractivity contribution in [2.75, 3.05) is 18.6 Å². The molecule has 0 unspecified atom stereocenters. The Labute approximate surface area is 97.3 Å². The monoisotopic (exact) mass is 245 g/mol. The van der Waals surface area contributed by atoms with Crippen LogP contribution in [0.3, 0.4) is 0 Å². The highest BCUT2D eigenvalue weighted by molar-refractivity contribution is 7.20. The van der Waals surface area contributed by atoms with E-state index in [4.69, 9.17) is 16.7 Å². The van der Waals surface area contributed by atoms with Crippen LogP contribution in [0.25, 0.3) is 0 Å². The van der Waals surface area contributed by atoms with Gasteiger partial charge >= 0.3 is 0 Å². The minimum atomic E-state index is -0.509. The lowest BCUT2D eigenvalue weighted by molar-refractivity contribution is -0.124. The summed E-state index contributed by atoms with van der Waals surface area (Å²) < 4.78 is 0.665. The van der Waals surface area contributed by atoms with Crippen molar-refractivity contribution in [1.82, 2.24) is 0 Å². The van der Waals surface area contributed by atoms with Crippen LogP contribution in [-0.4, -0.2) is 24.7 Å². The summed E-state index contributed by atoms with van der Waals surface area (Å²) in [6.07, 6.45) is 1.57. The van der Waals surface area contributed by atoms with Gasteiger partial charge < -0.3 is 10.0 Å². The zero-order chi connectivity index (χ0) is 11.1. The summed E-state index contributed by atoms with van der Waals surface area (Å²) in [5.41, 5.74) is -0.509. The zero-order valence-electron chi connectivity index (χ0n) is 8.36. The molecule has 3 nitrogen and oxygen atoms in total. The smallest absolute Gasteiger partial charge is 0.235 e. The molecule has 1 fully saturated rings. The Morgan fingerprint density at radius 2 is 2.33 bits per heavy atom. The Morgan fingerprint density at radius 3 is 2.73 bits per heavy atom. The Morgan fingerprint density at radius 1 is 1.67 bits per heavy atom. The van der Waals surface area contributed by atoms with Crippen LogP contribution in [0.4, 0.5) is 5.00 Å². The van der Waals surface area contributed by atoms with Gasteiger partial charge in [-0.2, -0.15) is 0 Å². The van der Waals surface area contributed by atoms with Crippen molar-refractivity contribution < 1.29 is 9.90 Å². The van der Waals surface area contributed by atoms with Gasteiger partial charge in [-0.1, -0.05) is 11.6 Å². The van der Waals surface area contributed by atoms with Gasteiger partial charge in [0.2, 0.25) is 5.91 Å². The standard InChI is InChI=1S/C10H12ClNO2S/c1-12(8-3-2-7(11)15-8)9(14)10(6-13)4-5-10/h2-3,13H,4-6H2,1H3. The van der Waals surface area contributed by atoms with Crippen molar-refractivity contribution in [3.8, 4) is 0 Å². The van der Waals surface area contributed by atoms with Crippen LogP contribution in [0.2, 0.25) is 4.34 Å². The van der Waals surface area contributed by atoms with Crippen LogP contribution in [0.1, 0.15) is 12.8 Å². The minimum Gasteiger partial charge on any atom is -0.395 e. The highest BCUT2D eigenvalue weighted by atomic mass is 35.5. The fraction of sp³-hybridized carbons (Fsp3) is 0.500. The second-order valence-corrected chi connectivity index (χ2v) is 5.57. The Hall–Kier alpha value is -0.580. The first kappa shape index (κ1) is 10.9. The molecule has 2 rings (SSSR count). The average Bonchev–Trinajstić information content (AvgIpc) is 2.93. The molecule has 0 aliphatic heterocycles. The summed E-state index contributed by atoms with van der Waals surface area (Å²) in [5, 5.41) is 9.98. The predicted octanol–water partition coefficient (Wildman–Crippen LogP) is 2.14. The molecular formula is C10H12ClNO2S. The molecule has 0 radical (unpaired) electrons. The van der Waals surface area contributed by atoms with Crippen LogP contribution in [0, 0.1) is 5.41 Å². The van der Waals surface area contributed by atoms with Gasteiger partial charge in [0.25, 0.3) is 0 Å². The molecular weight excluding hydrogens is 234 g/mol. The van der Waals surface area contributed by atoms with Gasteiger partial charge in [0.15, 0.2) is 0 Å². The van der Waals surface area contributed by atoms with Gasteiger partial charge in [-0.15, -0.1) is 11.3 Å². The number of aliphatic hydroxyl groups is 1. The molecule has 1 aliphatic rings. The maximum atomic E-state index is 12.0. The Bertz CT molecular complexity index is 387. The Kier molecular flexibility index (Phi) is 2.75. The maximum Gasteiger partial charge on any atom is 0.235 e. The molecule has 1 aromatic rings. The third-order valence-corrected chi connectivity index (χ3v) is 4.11. The van der Waals surface area contributed by atoms with Crippen molar-refractivity contribution in [2.24, 2.45) is 5.41 Å². The number of rotatable bonds is 3. The third kappa shape index (κ3) is 1.89. The number of halogens is 1. The first-order valence-corrected chi connectivity index (χ1v) is 5.93. The van der Waals surface area contributed by atoms with Crippen molar-refractivity contribution in [3.63, 3.8) is 0 Å². The average molecular weight is 246 g/mol. The van der Waals surface area contributed by atoms with E-state index in [0.29, 0.717) is 4.34 Å². The number of amides is 1. The molecule has 1 aromatic heterocycles. The van der Waals surface area contributed by atoms with E-state index in [1.165, 1.54) is 11.3 Å². The Balaban J connectivity index is 2.15. The van der Waals surface area contributed by atoms with E-state index in [-0.39, 0.29) is 12.5 Å². The zero-order valence-corrected chi connectivity index (χ0v) is 9.94. The third-order valence-electron chi connectivity index (χ3n) is 2.80. The largest absolute Gasteiger partial charge is 0.395 e. The first-order valence-electron chi connectivity index (χ1n) is 4.73. The van der Waals surface area contributed by atoms with E-state index in [0.717, 1.165) is 17.8 Å². The van der Waals surface area contributed by atoms with Gasteiger partial charge in [0.05, 0.1) is 21.4 Å². The summed E-state index contributed by atoms with van der Waals surface area (Å²) in [4.78, 5) is 13.6. The number of carbonyl (C=O) groups excluding carboxylic acids is 1. The highest BCUT2D eigenvalue weighted by Gasteiger charge is 2.51. The van der Waals surface area contributed by atoms with Gasteiger partial charge in [-0.3, -0.25) is 4.79 Å². The number of hydrogen-bond donors (Lipinski definition) is 1. The summed E-state index contributed by atoms with van der Waals surface area (Å²) in [5.74, 6) is -0.0106. The quantitative estimate of drug-likeness (QED) is 0.887. The summed E-state index contributed by atoms with van der Waals surface area (Å²) in [7, 11) is 1.72. The van der Waals surface area contributed by atoms with Crippen LogP contribution < -0.4 is 4.90 Å². The second kappa shape index (κ2) is 3.77. The van der Waals surface area contributed by atoms with Crippen molar-refractivity contribution in [3.05, 3.63) is 16.5 Å². The number of thiophene rings is 1. The van der Waals surface area contributed by atoms with E-state index >= 15 is 0 Å². The molecule has 5 heteroatoms. The molecule has 1 heterocycles. The number of aliphatic hydroxyl groups excluding tert-OH is 1. The van der Waals surface area contributed by atoms with Gasteiger partial charge in [-0.25, -0.2) is 0 Å². The van der Waals surface area contributed by atoms with E-state index in [1.807, 2.05) is 6.07 Å². The normalized spacial score (nSPS) is 17.5.